The van der Waals surface area contributed by atoms with E-state index in [2.05, 4.69) is 34.8 Å². The molecule has 0 spiro atoms. The van der Waals surface area contributed by atoms with Gasteiger partial charge in [-0.15, -0.1) is 0 Å². The zero-order valence-electron chi connectivity index (χ0n) is 22.0. The number of aryl methyl sites for hydroxylation is 2. The first-order valence-corrected chi connectivity index (χ1v) is 13.2. The van der Waals surface area contributed by atoms with Crippen LogP contribution in [0.15, 0.2) is 65.3 Å². The second-order valence-electron chi connectivity index (χ2n) is 9.97. The molecule has 0 aliphatic heterocycles. The molecule has 0 fully saturated rings. The Morgan fingerprint density at radius 1 is 1.05 bits per heavy atom. The average molecular weight is 512 g/mol. The van der Waals surface area contributed by atoms with Crippen LogP contribution < -0.4 is 0 Å². The van der Waals surface area contributed by atoms with Gasteiger partial charge in [-0.3, -0.25) is 4.98 Å². The fraction of sp³-hybridized carbons (Fsp3) is 0.323. The number of aliphatic hydroxyl groups is 1. The van der Waals surface area contributed by atoms with Crippen molar-refractivity contribution in [2.45, 2.75) is 52.5 Å². The molecular formula is C31H33N3O4. The van der Waals surface area contributed by atoms with Crippen LogP contribution in [0, 0.1) is 19.8 Å². The lowest BCUT2D eigenvalue weighted by Crippen LogP contribution is -2.22. The van der Waals surface area contributed by atoms with Gasteiger partial charge in [-0.1, -0.05) is 55.3 Å². The number of unbranched alkanes of at least 4 members (excludes halogenated alkanes) is 1. The molecule has 3 aromatic heterocycles. The van der Waals surface area contributed by atoms with Gasteiger partial charge in [0.2, 0.25) is 0 Å². The summed E-state index contributed by atoms with van der Waals surface area (Å²) >= 11 is 0. The maximum atomic E-state index is 12.0. The third-order valence-corrected chi connectivity index (χ3v) is 7.50. The Bertz CT molecular complexity index is 1570. The number of hydrogen-bond donors (Lipinski definition) is 2. The Hall–Kier alpha value is -3.97. The topological polar surface area (TPSA) is 101 Å². The number of rotatable bonds is 10. The number of carboxylic acid groups (broad SMARTS) is 1. The number of carbonyl (C=O) groups is 1. The standard InChI is InChI=1S/C31H33N3O4/c1-4-5-9-22(14-15-35)30(21-10-7-6-8-11-21)34-26-16-23(31(36)37)12-13-25(26)29-27(34)17-24(18-32-29)28-19(2)33-38-20(28)3/h6-8,10-13,16-18,22,30,35H,4-5,9,14-15H2,1-3H3,(H,36,37)/t22?,30-/m0/s1. The lowest BCUT2D eigenvalue weighted by atomic mass is 9.86. The summed E-state index contributed by atoms with van der Waals surface area (Å²) in [4.78, 5) is 16.9. The molecule has 0 saturated heterocycles. The molecule has 5 aromatic rings. The van der Waals surface area contributed by atoms with Crippen molar-refractivity contribution < 1.29 is 19.5 Å². The number of fused-ring (bicyclic) bond motifs is 3. The minimum Gasteiger partial charge on any atom is -0.478 e. The predicted molar refractivity (Wildman–Crippen MR) is 148 cm³/mol. The van der Waals surface area contributed by atoms with E-state index in [4.69, 9.17) is 9.51 Å². The number of aliphatic hydroxyl groups excluding tert-OH is 1. The Morgan fingerprint density at radius 3 is 2.50 bits per heavy atom. The molecule has 7 nitrogen and oxygen atoms in total. The van der Waals surface area contributed by atoms with E-state index in [1.165, 1.54) is 0 Å². The molecule has 38 heavy (non-hydrogen) atoms. The lowest BCUT2D eigenvalue weighted by Gasteiger charge is -2.30. The van der Waals surface area contributed by atoms with Crippen LogP contribution in [0.25, 0.3) is 33.1 Å². The molecule has 2 N–H and O–H groups in total. The minimum atomic E-state index is -0.970. The molecule has 7 heteroatoms. The molecule has 3 heterocycles. The van der Waals surface area contributed by atoms with Crippen molar-refractivity contribution in [3.05, 3.63) is 83.4 Å². The van der Waals surface area contributed by atoms with Crippen molar-refractivity contribution >= 4 is 27.9 Å². The fourth-order valence-corrected chi connectivity index (χ4v) is 5.74. The van der Waals surface area contributed by atoms with E-state index >= 15 is 0 Å². The molecule has 5 rings (SSSR count). The number of hydrogen-bond acceptors (Lipinski definition) is 5. The summed E-state index contributed by atoms with van der Waals surface area (Å²) < 4.78 is 7.69. The van der Waals surface area contributed by atoms with Crippen molar-refractivity contribution in [1.29, 1.82) is 0 Å². The van der Waals surface area contributed by atoms with Crippen molar-refractivity contribution in [3.8, 4) is 11.1 Å². The van der Waals surface area contributed by atoms with E-state index in [9.17, 15) is 15.0 Å². The van der Waals surface area contributed by atoms with Gasteiger partial charge in [-0.05, 0) is 62.4 Å². The average Bonchev–Trinajstić information content (AvgIpc) is 3.43. The third-order valence-electron chi connectivity index (χ3n) is 7.50. The van der Waals surface area contributed by atoms with Gasteiger partial charge in [-0.25, -0.2) is 4.79 Å². The highest BCUT2D eigenvalue weighted by Gasteiger charge is 2.29. The maximum absolute atomic E-state index is 12.0. The Balaban J connectivity index is 1.87. The molecular weight excluding hydrogens is 478 g/mol. The zero-order chi connectivity index (χ0) is 26.8. The highest BCUT2D eigenvalue weighted by Crippen LogP contribution is 2.41. The number of aromatic carboxylic acids is 1. The van der Waals surface area contributed by atoms with Crippen molar-refractivity contribution in [3.63, 3.8) is 0 Å². The SMILES string of the molecule is CCCCC(CCO)[C@H](c1ccccc1)n1c2cc(C(=O)O)ccc2c2ncc(-c3c(C)noc3C)cc21. The second-order valence-corrected chi connectivity index (χ2v) is 9.97. The number of pyridine rings is 1. The molecule has 1 unspecified atom stereocenters. The van der Waals surface area contributed by atoms with Gasteiger partial charge in [0.15, 0.2) is 0 Å². The minimum absolute atomic E-state index is 0.0812. The van der Waals surface area contributed by atoms with Crippen LogP contribution in [0.1, 0.15) is 66.0 Å². The normalized spacial score (nSPS) is 13.3. The molecule has 0 radical (unpaired) electrons. The molecule has 2 atom stereocenters. The van der Waals surface area contributed by atoms with Gasteiger partial charge in [0.25, 0.3) is 0 Å². The first-order valence-electron chi connectivity index (χ1n) is 13.2. The number of benzene rings is 2. The van der Waals surface area contributed by atoms with Gasteiger partial charge in [0, 0.05) is 29.3 Å². The van der Waals surface area contributed by atoms with E-state index in [0.29, 0.717) is 6.42 Å². The van der Waals surface area contributed by atoms with E-state index < -0.39 is 5.97 Å². The highest BCUT2D eigenvalue weighted by molar-refractivity contribution is 6.08. The van der Waals surface area contributed by atoms with Crippen molar-refractivity contribution in [2.75, 3.05) is 6.61 Å². The molecule has 196 valence electrons. The number of aromatic nitrogens is 3. The van der Waals surface area contributed by atoms with Gasteiger partial charge in [0.1, 0.15) is 5.76 Å². The predicted octanol–water partition coefficient (Wildman–Crippen LogP) is 6.94. The molecule has 0 aliphatic rings. The van der Waals surface area contributed by atoms with E-state index in [0.717, 1.165) is 69.3 Å². The Morgan fingerprint density at radius 2 is 1.84 bits per heavy atom. The third kappa shape index (κ3) is 4.58. The van der Waals surface area contributed by atoms with Crippen molar-refractivity contribution in [2.24, 2.45) is 5.92 Å². The van der Waals surface area contributed by atoms with Crippen LogP contribution in [-0.4, -0.2) is 37.5 Å². The van der Waals surface area contributed by atoms with E-state index in [1.807, 2.05) is 44.3 Å². The Labute approximate surface area is 221 Å². The highest BCUT2D eigenvalue weighted by atomic mass is 16.5. The maximum Gasteiger partial charge on any atom is 0.335 e. The Kier molecular flexibility index (Phi) is 7.29. The van der Waals surface area contributed by atoms with Gasteiger partial charge in [0.05, 0.1) is 33.8 Å². The van der Waals surface area contributed by atoms with Crippen molar-refractivity contribution in [1.82, 2.24) is 14.7 Å². The molecule has 0 saturated carbocycles. The summed E-state index contributed by atoms with van der Waals surface area (Å²) in [6.45, 7) is 6.06. The van der Waals surface area contributed by atoms with Crippen LogP contribution >= 0.6 is 0 Å². The summed E-state index contributed by atoms with van der Waals surface area (Å²) in [5, 5.41) is 24.9. The van der Waals surface area contributed by atoms with Crippen LogP contribution in [0.3, 0.4) is 0 Å². The summed E-state index contributed by atoms with van der Waals surface area (Å²) in [5.74, 6) is -0.111. The summed E-state index contributed by atoms with van der Waals surface area (Å²) in [6, 6.07) is 17.5. The second kappa shape index (κ2) is 10.8. The number of nitrogens with zero attached hydrogens (tertiary/aromatic N) is 3. The molecule has 0 aliphatic carbocycles. The zero-order valence-corrected chi connectivity index (χ0v) is 22.0. The van der Waals surface area contributed by atoms with Crippen LogP contribution in [-0.2, 0) is 0 Å². The summed E-state index contributed by atoms with van der Waals surface area (Å²) in [6.07, 6.45) is 5.50. The lowest BCUT2D eigenvalue weighted by molar-refractivity contribution is 0.0697. The first-order chi connectivity index (χ1) is 18.4. The molecule has 0 amide bonds. The van der Waals surface area contributed by atoms with Gasteiger partial charge in [-0.2, -0.15) is 0 Å². The quantitative estimate of drug-likeness (QED) is 0.211. The van der Waals surface area contributed by atoms with Crippen LogP contribution in [0.4, 0.5) is 0 Å². The van der Waals surface area contributed by atoms with Gasteiger partial charge < -0.3 is 19.3 Å². The summed E-state index contributed by atoms with van der Waals surface area (Å²) in [5.41, 5.74) is 6.49. The van der Waals surface area contributed by atoms with Crippen LogP contribution in [0.2, 0.25) is 0 Å². The first kappa shape index (κ1) is 25.7. The largest absolute Gasteiger partial charge is 0.478 e. The monoisotopic (exact) mass is 511 g/mol. The number of carboxylic acids is 1. The van der Waals surface area contributed by atoms with E-state index in [-0.39, 0.29) is 24.1 Å². The fourth-order valence-electron chi connectivity index (χ4n) is 5.74. The molecule has 2 aromatic carbocycles. The van der Waals surface area contributed by atoms with E-state index in [1.54, 1.807) is 12.1 Å². The summed E-state index contributed by atoms with van der Waals surface area (Å²) in [7, 11) is 0. The van der Waals surface area contributed by atoms with Gasteiger partial charge >= 0.3 is 5.97 Å². The molecule has 0 bridgehead atoms. The smallest absolute Gasteiger partial charge is 0.335 e. The van der Waals surface area contributed by atoms with Crippen LogP contribution in [0.5, 0.6) is 0 Å².